The van der Waals surface area contributed by atoms with Crippen LogP contribution in [0.25, 0.3) is 0 Å². The minimum atomic E-state index is 0.0467. The van der Waals surface area contributed by atoms with E-state index in [-0.39, 0.29) is 11.9 Å². The molecule has 1 saturated heterocycles. The zero-order valence-corrected chi connectivity index (χ0v) is 15.5. The molecule has 1 atom stereocenters. The third-order valence-corrected chi connectivity index (χ3v) is 5.59. The monoisotopic (exact) mass is 348 g/mol. The molecule has 1 aliphatic heterocycles. The highest BCUT2D eigenvalue weighted by atomic mass is 32.1. The van der Waals surface area contributed by atoms with E-state index < -0.39 is 0 Å². The van der Waals surface area contributed by atoms with Gasteiger partial charge in [0.15, 0.2) is 0 Å². The van der Waals surface area contributed by atoms with E-state index in [0.29, 0.717) is 6.42 Å². The normalized spacial score (nSPS) is 17.5. The van der Waals surface area contributed by atoms with Crippen molar-refractivity contribution in [2.45, 2.75) is 45.6 Å². The number of aryl methyl sites for hydroxylation is 3. The third-order valence-electron chi connectivity index (χ3n) is 4.55. The van der Waals surface area contributed by atoms with Gasteiger partial charge in [-0.15, -0.1) is 11.3 Å². The van der Waals surface area contributed by atoms with Crippen molar-refractivity contribution in [2.75, 3.05) is 13.7 Å². The van der Waals surface area contributed by atoms with Crippen LogP contribution in [0, 0.1) is 6.92 Å². The Morgan fingerprint density at radius 1 is 1.50 bits per heavy atom. The van der Waals surface area contributed by atoms with Crippen molar-refractivity contribution in [2.24, 2.45) is 7.05 Å². The Hall–Kier alpha value is -1.89. The summed E-state index contributed by atoms with van der Waals surface area (Å²) in [5.41, 5.74) is 2.85. The predicted molar refractivity (Wildman–Crippen MR) is 93.4 cm³/mol. The molecule has 0 spiro atoms. The van der Waals surface area contributed by atoms with Crippen LogP contribution in [0.2, 0.25) is 0 Å². The maximum atomic E-state index is 12.8. The molecule has 130 valence electrons. The minimum absolute atomic E-state index is 0.0467. The van der Waals surface area contributed by atoms with E-state index in [1.54, 1.807) is 23.1 Å². The molecule has 0 radical (unpaired) electrons. The molecule has 2 aromatic heterocycles. The molecule has 0 saturated carbocycles. The van der Waals surface area contributed by atoms with Crippen molar-refractivity contribution in [3.8, 4) is 5.88 Å². The first kappa shape index (κ1) is 17.0. The zero-order chi connectivity index (χ0) is 17.3. The quantitative estimate of drug-likeness (QED) is 0.833. The number of carbonyl (C=O) groups excluding carboxylic acids is 1. The second kappa shape index (κ2) is 6.93. The van der Waals surface area contributed by atoms with Gasteiger partial charge in [-0.1, -0.05) is 6.92 Å². The van der Waals surface area contributed by atoms with Crippen LogP contribution in [0.4, 0.5) is 0 Å². The van der Waals surface area contributed by atoms with E-state index in [1.807, 2.05) is 24.3 Å². The van der Waals surface area contributed by atoms with E-state index in [4.69, 9.17) is 4.74 Å². The molecule has 1 fully saturated rings. The summed E-state index contributed by atoms with van der Waals surface area (Å²) in [4.78, 5) is 19.3. The average molecular weight is 348 g/mol. The van der Waals surface area contributed by atoms with E-state index in [0.717, 1.165) is 53.6 Å². The molecule has 3 rings (SSSR count). The van der Waals surface area contributed by atoms with Gasteiger partial charge in [0.05, 0.1) is 41.5 Å². The fourth-order valence-electron chi connectivity index (χ4n) is 3.49. The smallest absolute Gasteiger partial charge is 0.229 e. The molecule has 0 aromatic carbocycles. The maximum Gasteiger partial charge on any atom is 0.229 e. The Morgan fingerprint density at radius 3 is 2.96 bits per heavy atom. The molecule has 1 aliphatic rings. The number of hydrogen-bond donors (Lipinski definition) is 0. The average Bonchev–Trinajstić information content (AvgIpc) is 3.25. The van der Waals surface area contributed by atoms with E-state index in [9.17, 15) is 4.79 Å². The van der Waals surface area contributed by atoms with Gasteiger partial charge in [0, 0.05) is 19.0 Å². The Bertz CT molecular complexity index is 737. The van der Waals surface area contributed by atoms with Gasteiger partial charge in [0.2, 0.25) is 11.8 Å². The van der Waals surface area contributed by atoms with Crippen LogP contribution >= 0.6 is 11.3 Å². The van der Waals surface area contributed by atoms with Crippen LogP contribution in [0.15, 0.2) is 5.38 Å². The van der Waals surface area contributed by atoms with Crippen molar-refractivity contribution in [1.82, 2.24) is 19.7 Å². The van der Waals surface area contributed by atoms with E-state index in [2.05, 4.69) is 17.0 Å². The van der Waals surface area contributed by atoms with Gasteiger partial charge in [0.1, 0.15) is 0 Å². The molecule has 2 aromatic rings. The number of methoxy groups -OCH3 is 1. The molecule has 24 heavy (non-hydrogen) atoms. The van der Waals surface area contributed by atoms with Gasteiger partial charge in [-0.25, -0.2) is 9.67 Å². The molecule has 7 heteroatoms. The maximum absolute atomic E-state index is 12.8. The molecule has 0 bridgehead atoms. The predicted octanol–water partition coefficient (Wildman–Crippen LogP) is 2.66. The largest absolute Gasteiger partial charge is 0.481 e. The molecule has 1 amide bonds. The fraction of sp³-hybridized carbons (Fsp3) is 0.588. The van der Waals surface area contributed by atoms with Crippen LogP contribution in [-0.4, -0.2) is 39.2 Å². The van der Waals surface area contributed by atoms with Crippen LogP contribution in [0.3, 0.4) is 0 Å². The number of carbonyl (C=O) groups is 1. The second-order valence-corrected chi connectivity index (χ2v) is 7.08. The standard InChI is InChI=1S/C17H24N4O2S/c1-5-14-18-12(10-24-14)9-15(22)21-8-6-7-13(21)16-11(2)19-20(3)17(16)23-4/h10,13H,5-9H2,1-4H3/t13-/m0/s1. The van der Waals surface area contributed by atoms with Crippen molar-refractivity contribution in [3.05, 3.63) is 27.3 Å². The van der Waals surface area contributed by atoms with Crippen molar-refractivity contribution >= 4 is 17.2 Å². The number of rotatable bonds is 5. The van der Waals surface area contributed by atoms with Crippen molar-refractivity contribution < 1.29 is 9.53 Å². The number of amides is 1. The number of thiazole rings is 1. The summed E-state index contributed by atoms with van der Waals surface area (Å²) in [5.74, 6) is 0.884. The van der Waals surface area contributed by atoms with Gasteiger partial charge < -0.3 is 9.64 Å². The van der Waals surface area contributed by atoms with E-state index >= 15 is 0 Å². The number of hydrogen-bond acceptors (Lipinski definition) is 5. The molecule has 6 nitrogen and oxygen atoms in total. The van der Waals surface area contributed by atoms with E-state index in [1.165, 1.54) is 0 Å². The van der Waals surface area contributed by atoms with Gasteiger partial charge in [-0.3, -0.25) is 4.79 Å². The topological polar surface area (TPSA) is 60.2 Å². The first-order valence-corrected chi connectivity index (χ1v) is 9.23. The van der Waals surface area contributed by atoms with Crippen molar-refractivity contribution in [3.63, 3.8) is 0 Å². The van der Waals surface area contributed by atoms with Gasteiger partial charge in [-0.05, 0) is 26.2 Å². The lowest BCUT2D eigenvalue weighted by Gasteiger charge is -2.25. The molecular formula is C17H24N4O2S. The fourth-order valence-corrected chi connectivity index (χ4v) is 4.24. The van der Waals surface area contributed by atoms with Gasteiger partial charge in [0.25, 0.3) is 0 Å². The Balaban J connectivity index is 1.81. The summed E-state index contributed by atoms with van der Waals surface area (Å²) in [6.07, 6.45) is 3.24. The number of likely N-dealkylation sites (tertiary alicyclic amines) is 1. The summed E-state index contributed by atoms with van der Waals surface area (Å²) in [6.45, 7) is 4.84. The van der Waals surface area contributed by atoms with Crippen LogP contribution < -0.4 is 4.74 Å². The van der Waals surface area contributed by atoms with Gasteiger partial charge in [-0.2, -0.15) is 5.10 Å². The Labute approximate surface area is 146 Å². The van der Waals surface area contributed by atoms with Crippen LogP contribution in [-0.2, 0) is 24.7 Å². The highest BCUT2D eigenvalue weighted by Gasteiger charge is 2.35. The Morgan fingerprint density at radius 2 is 2.29 bits per heavy atom. The first-order chi connectivity index (χ1) is 11.5. The SMILES string of the molecule is CCc1nc(CC(=O)N2CCC[C@H]2c2c(C)nn(C)c2OC)cs1. The minimum Gasteiger partial charge on any atom is -0.481 e. The lowest BCUT2D eigenvalue weighted by Crippen LogP contribution is -2.32. The highest BCUT2D eigenvalue weighted by Crippen LogP contribution is 2.39. The zero-order valence-electron chi connectivity index (χ0n) is 14.7. The van der Waals surface area contributed by atoms with Crippen LogP contribution in [0.5, 0.6) is 5.88 Å². The highest BCUT2D eigenvalue weighted by molar-refractivity contribution is 7.09. The third kappa shape index (κ3) is 3.05. The van der Waals surface area contributed by atoms with Crippen molar-refractivity contribution in [1.29, 1.82) is 0 Å². The summed E-state index contributed by atoms with van der Waals surface area (Å²) < 4.78 is 7.28. The lowest BCUT2D eigenvalue weighted by atomic mass is 10.0. The first-order valence-electron chi connectivity index (χ1n) is 8.35. The molecule has 3 heterocycles. The summed E-state index contributed by atoms with van der Waals surface area (Å²) in [5, 5.41) is 7.54. The molecular weight excluding hydrogens is 324 g/mol. The molecule has 0 aliphatic carbocycles. The lowest BCUT2D eigenvalue weighted by molar-refractivity contribution is -0.131. The summed E-state index contributed by atoms with van der Waals surface area (Å²) >= 11 is 1.63. The Kier molecular flexibility index (Phi) is 4.89. The number of nitrogens with zero attached hydrogens (tertiary/aromatic N) is 4. The van der Waals surface area contributed by atoms with Gasteiger partial charge >= 0.3 is 0 Å². The molecule has 0 unspecified atom stereocenters. The second-order valence-electron chi connectivity index (χ2n) is 6.14. The van der Waals surface area contributed by atoms with Crippen LogP contribution in [0.1, 0.15) is 47.8 Å². The number of aromatic nitrogens is 3. The summed E-state index contributed by atoms with van der Waals surface area (Å²) in [6, 6.07) is 0.0467. The summed E-state index contributed by atoms with van der Waals surface area (Å²) in [7, 11) is 3.53. The molecule has 0 N–H and O–H groups in total. The number of ether oxygens (including phenoxy) is 1.